The number of carbonyl (C=O) groups excluding carboxylic acids is 1. The molecule has 1 fully saturated rings. The van der Waals surface area contributed by atoms with Crippen LogP contribution in [0.5, 0.6) is 0 Å². The Balaban J connectivity index is 1.77. The predicted molar refractivity (Wildman–Crippen MR) is 93.7 cm³/mol. The summed E-state index contributed by atoms with van der Waals surface area (Å²) in [6, 6.07) is 9.45. The maximum Gasteiger partial charge on any atom is 0.256 e. The highest BCUT2D eigenvalue weighted by atomic mass is 35.5. The summed E-state index contributed by atoms with van der Waals surface area (Å²) in [5.41, 5.74) is 0.927. The molecule has 1 aromatic heterocycles. The first-order chi connectivity index (χ1) is 11.5. The van der Waals surface area contributed by atoms with Gasteiger partial charge in [0.2, 0.25) is 0 Å². The van der Waals surface area contributed by atoms with E-state index in [1.165, 1.54) is 0 Å². The summed E-state index contributed by atoms with van der Waals surface area (Å²) in [7, 11) is 0. The lowest BCUT2D eigenvalue weighted by molar-refractivity contribution is 0.00525. The van der Waals surface area contributed by atoms with Gasteiger partial charge in [-0.15, -0.1) is 0 Å². The number of carbonyl (C=O) groups is 1. The summed E-state index contributed by atoms with van der Waals surface area (Å²) >= 11 is 6.39. The molecule has 1 saturated carbocycles. The zero-order valence-electron chi connectivity index (χ0n) is 13.8. The summed E-state index contributed by atoms with van der Waals surface area (Å²) in [5.74, 6) is -0.293. The van der Waals surface area contributed by atoms with Gasteiger partial charge in [0.25, 0.3) is 5.91 Å². The molecule has 2 aromatic rings. The lowest BCUT2D eigenvalue weighted by Crippen LogP contribution is -2.44. The van der Waals surface area contributed by atoms with Crippen LogP contribution in [0.1, 0.15) is 48.2 Å². The number of amides is 1. The monoisotopic (exact) mass is 347 g/mol. The number of halogens is 1. The molecule has 0 radical (unpaired) electrons. The lowest BCUT2D eigenvalue weighted by atomic mass is 9.85. The van der Waals surface area contributed by atoms with Crippen molar-refractivity contribution >= 4 is 17.5 Å². The van der Waals surface area contributed by atoms with Crippen molar-refractivity contribution in [3.8, 4) is 5.69 Å². The number of hydrogen-bond donors (Lipinski definition) is 2. The Morgan fingerprint density at radius 2 is 1.96 bits per heavy atom. The Morgan fingerprint density at radius 1 is 1.29 bits per heavy atom. The van der Waals surface area contributed by atoms with Crippen LogP contribution in [0.2, 0.25) is 5.15 Å². The van der Waals surface area contributed by atoms with Gasteiger partial charge in [-0.1, -0.05) is 49.1 Å². The van der Waals surface area contributed by atoms with Gasteiger partial charge in [-0.3, -0.25) is 4.79 Å². The molecule has 1 aliphatic rings. The van der Waals surface area contributed by atoms with Crippen LogP contribution in [0, 0.1) is 6.92 Å². The number of nitrogens with one attached hydrogen (secondary N) is 1. The van der Waals surface area contributed by atoms with Gasteiger partial charge in [0.1, 0.15) is 5.15 Å². The average molecular weight is 348 g/mol. The first-order valence-electron chi connectivity index (χ1n) is 8.31. The number of nitrogens with zero attached hydrogens (tertiary/aromatic N) is 2. The molecule has 24 heavy (non-hydrogen) atoms. The summed E-state index contributed by atoms with van der Waals surface area (Å²) < 4.78 is 1.56. The zero-order chi connectivity index (χ0) is 17.2. The second-order valence-corrected chi connectivity index (χ2v) is 6.82. The molecule has 5 nitrogen and oxygen atoms in total. The Bertz CT molecular complexity index is 721. The molecule has 1 aromatic carbocycles. The molecule has 0 bridgehead atoms. The number of rotatable bonds is 4. The van der Waals surface area contributed by atoms with Crippen LogP contribution in [0.25, 0.3) is 5.69 Å². The minimum Gasteiger partial charge on any atom is -0.388 e. The maximum atomic E-state index is 12.6. The van der Waals surface area contributed by atoms with E-state index in [-0.39, 0.29) is 17.6 Å². The Hall–Kier alpha value is -1.85. The summed E-state index contributed by atoms with van der Waals surface area (Å²) in [6.45, 7) is 2.01. The summed E-state index contributed by atoms with van der Waals surface area (Å²) in [5, 5.41) is 18.0. The average Bonchev–Trinajstić information content (AvgIpc) is 2.89. The van der Waals surface area contributed by atoms with E-state index in [2.05, 4.69) is 10.4 Å². The van der Waals surface area contributed by atoms with Crippen molar-refractivity contribution in [1.29, 1.82) is 0 Å². The third-order valence-corrected chi connectivity index (χ3v) is 4.94. The Morgan fingerprint density at radius 3 is 2.62 bits per heavy atom. The van der Waals surface area contributed by atoms with E-state index in [9.17, 15) is 9.90 Å². The van der Waals surface area contributed by atoms with Crippen molar-refractivity contribution in [3.63, 3.8) is 0 Å². The summed E-state index contributed by atoms with van der Waals surface area (Å²) in [6.07, 6.45) is 4.59. The van der Waals surface area contributed by atoms with Gasteiger partial charge in [-0.2, -0.15) is 5.10 Å². The number of aromatic nitrogens is 2. The van der Waals surface area contributed by atoms with E-state index in [1.807, 2.05) is 30.3 Å². The lowest BCUT2D eigenvalue weighted by Gasteiger charge is -2.32. The van der Waals surface area contributed by atoms with E-state index in [4.69, 9.17) is 11.6 Å². The van der Waals surface area contributed by atoms with E-state index in [1.54, 1.807) is 11.6 Å². The summed E-state index contributed by atoms with van der Waals surface area (Å²) in [4.78, 5) is 12.6. The molecule has 1 aliphatic carbocycles. The van der Waals surface area contributed by atoms with Crippen LogP contribution in [-0.4, -0.2) is 32.9 Å². The topological polar surface area (TPSA) is 67.2 Å². The van der Waals surface area contributed by atoms with E-state index in [0.29, 0.717) is 11.3 Å². The van der Waals surface area contributed by atoms with Gasteiger partial charge in [0.15, 0.2) is 0 Å². The maximum absolute atomic E-state index is 12.6. The smallest absolute Gasteiger partial charge is 0.256 e. The normalized spacial score (nSPS) is 16.8. The molecule has 3 rings (SSSR count). The third kappa shape index (κ3) is 3.47. The minimum atomic E-state index is -0.802. The second-order valence-electron chi connectivity index (χ2n) is 6.47. The SMILES string of the molecule is Cc1nn(-c2ccccc2)c(Cl)c1C(=O)NCC1(O)CCCCC1. The molecule has 1 amide bonds. The standard InChI is InChI=1S/C18H22ClN3O2/c1-13-15(16(19)22(21-13)14-8-4-2-5-9-14)17(23)20-12-18(24)10-6-3-7-11-18/h2,4-5,8-9,24H,3,6-7,10-12H2,1H3,(H,20,23). The van der Waals surface area contributed by atoms with E-state index < -0.39 is 5.60 Å². The van der Waals surface area contributed by atoms with Crippen LogP contribution < -0.4 is 5.32 Å². The number of para-hydroxylation sites is 1. The quantitative estimate of drug-likeness (QED) is 0.892. The van der Waals surface area contributed by atoms with Crippen molar-refractivity contribution in [2.75, 3.05) is 6.54 Å². The van der Waals surface area contributed by atoms with Crippen molar-refractivity contribution in [1.82, 2.24) is 15.1 Å². The number of benzene rings is 1. The van der Waals surface area contributed by atoms with Gasteiger partial charge < -0.3 is 10.4 Å². The fourth-order valence-electron chi connectivity index (χ4n) is 3.22. The van der Waals surface area contributed by atoms with Crippen molar-refractivity contribution in [2.45, 2.75) is 44.6 Å². The van der Waals surface area contributed by atoms with E-state index >= 15 is 0 Å². The fourth-order valence-corrected chi connectivity index (χ4v) is 3.58. The molecule has 2 N–H and O–H groups in total. The Kier molecular flexibility index (Phi) is 4.92. The van der Waals surface area contributed by atoms with Crippen LogP contribution in [0.3, 0.4) is 0 Å². The Labute approximate surface area is 146 Å². The number of aliphatic hydroxyl groups is 1. The second kappa shape index (κ2) is 6.95. The first-order valence-corrected chi connectivity index (χ1v) is 8.69. The van der Waals surface area contributed by atoms with Crippen molar-refractivity contribution in [3.05, 3.63) is 46.7 Å². The molecule has 0 saturated heterocycles. The highest BCUT2D eigenvalue weighted by Gasteiger charge is 2.30. The molecule has 0 unspecified atom stereocenters. The third-order valence-electron chi connectivity index (χ3n) is 4.59. The van der Waals surface area contributed by atoms with Gasteiger partial charge in [0, 0.05) is 6.54 Å². The zero-order valence-corrected chi connectivity index (χ0v) is 14.5. The van der Waals surface area contributed by atoms with Crippen LogP contribution >= 0.6 is 11.6 Å². The highest BCUT2D eigenvalue weighted by molar-refractivity contribution is 6.33. The van der Waals surface area contributed by atoms with E-state index in [0.717, 1.165) is 37.8 Å². The molecule has 0 aliphatic heterocycles. The van der Waals surface area contributed by atoms with Crippen molar-refractivity contribution in [2.24, 2.45) is 0 Å². The van der Waals surface area contributed by atoms with Crippen LogP contribution in [0.4, 0.5) is 0 Å². The predicted octanol–water partition coefficient (Wildman–Crippen LogP) is 3.26. The minimum absolute atomic E-state index is 0.248. The van der Waals surface area contributed by atoms with Gasteiger partial charge in [-0.25, -0.2) is 4.68 Å². The number of aryl methyl sites for hydroxylation is 1. The van der Waals surface area contributed by atoms with Crippen LogP contribution in [-0.2, 0) is 0 Å². The largest absolute Gasteiger partial charge is 0.388 e. The van der Waals surface area contributed by atoms with Crippen molar-refractivity contribution < 1.29 is 9.90 Å². The molecule has 0 spiro atoms. The highest BCUT2D eigenvalue weighted by Crippen LogP contribution is 2.28. The van der Waals surface area contributed by atoms with Crippen LogP contribution in [0.15, 0.2) is 30.3 Å². The molecule has 0 atom stereocenters. The molecule has 128 valence electrons. The molecule has 1 heterocycles. The molecular weight excluding hydrogens is 326 g/mol. The number of hydrogen-bond acceptors (Lipinski definition) is 3. The van der Waals surface area contributed by atoms with Gasteiger partial charge in [0.05, 0.1) is 22.5 Å². The van der Waals surface area contributed by atoms with Gasteiger partial charge >= 0.3 is 0 Å². The fraction of sp³-hybridized carbons (Fsp3) is 0.444. The first kappa shape index (κ1) is 17.0. The molecule has 6 heteroatoms. The van der Waals surface area contributed by atoms with Gasteiger partial charge in [-0.05, 0) is 31.9 Å². The molecular formula is C18H22ClN3O2.